The number of rotatable bonds is 2. The number of halogens is 2. The first-order valence-corrected chi connectivity index (χ1v) is 4.82. The van der Waals surface area contributed by atoms with Crippen molar-refractivity contribution in [3.05, 3.63) is 34.1 Å². The molecular formula is C11H8BrFO. The van der Waals surface area contributed by atoms with Crippen molar-refractivity contribution in [3.8, 4) is 11.8 Å². The number of hydrogen-bond donors (Lipinski definition) is 0. The van der Waals surface area contributed by atoms with Crippen molar-refractivity contribution in [2.24, 2.45) is 0 Å². The standard InChI is InChI=1S/C11H8BrFO/c1-2-3-4-11(14)9-7-8(12)5-6-10(9)13/h5-7H,4H2,1H3. The topological polar surface area (TPSA) is 17.1 Å². The number of Topliss-reactive ketones (excluding diaryl/α,β-unsaturated/α-hetero) is 1. The Bertz CT molecular complexity index is 415. The fourth-order valence-electron chi connectivity index (χ4n) is 0.975. The van der Waals surface area contributed by atoms with Gasteiger partial charge in [0, 0.05) is 4.47 Å². The van der Waals surface area contributed by atoms with Crippen LogP contribution in [-0.2, 0) is 0 Å². The van der Waals surface area contributed by atoms with Crippen molar-refractivity contribution in [2.45, 2.75) is 13.3 Å². The Hall–Kier alpha value is -1.14. The fraction of sp³-hybridized carbons (Fsp3) is 0.182. The number of benzene rings is 1. The van der Waals surface area contributed by atoms with Crippen LogP contribution in [0.15, 0.2) is 22.7 Å². The van der Waals surface area contributed by atoms with E-state index in [1.165, 1.54) is 12.1 Å². The molecule has 0 amide bonds. The Balaban J connectivity index is 2.98. The van der Waals surface area contributed by atoms with Crippen LogP contribution in [0.4, 0.5) is 4.39 Å². The van der Waals surface area contributed by atoms with Crippen molar-refractivity contribution in [1.82, 2.24) is 0 Å². The Morgan fingerprint density at radius 2 is 2.29 bits per heavy atom. The molecule has 14 heavy (non-hydrogen) atoms. The lowest BCUT2D eigenvalue weighted by Gasteiger charge is -1.99. The third kappa shape index (κ3) is 2.68. The molecule has 0 radical (unpaired) electrons. The quantitative estimate of drug-likeness (QED) is 0.586. The second-order valence-electron chi connectivity index (χ2n) is 2.65. The zero-order valence-corrected chi connectivity index (χ0v) is 9.19. The first-order valence-electron chi connectivity index (χ1n) is 4.03. The molecule has 0 N–H and O–H groups in total. The van der Waals surface area contributed by atoms with Gasteiger partial charge in [-0.05, 0) is 25.1 Å². The van der Waals surface area contributed by atoms with E-state index in [1.807, 2.05) is 0 Å². The second kappa shape index (κ2) is 4.92. The second-order valence-corrected chi connectivity index (χ2v) is 3.57. The summed E-state index contributed by atoms with van der Waals surface area (Å²) in [4.78, 5) is 11.4. The predicted molar refractivity (Wildman–Crippen MR) is 56.5 cm³/mol. The summed E-state index contributed by atoms with van der Waals surface area (Å²) in [6, 6.07) is 4.28. The van der Waals surface area contributed by atoms with Crippen LogP contribution in [0, 0.1) is 17.7 Å². The molecule has 0 bridgehead atoms. The average Bonchev–Trinajstić information content (AvgIpc) is 2.18. The van der Waals surface area contributed by atoms with E-state index in [9.17, 15) is 9.18 Å². The zero-order chi connectivity index (χ0) is 10.6. The highest BCUT2D eigenvalue weighted by Crippen LogP contribution is 2.16. The summed E-state index contributed by atoms with van der Waals surface area (Å²) in [5, 5.41) is 0. The van der Waals surface area contributed by atoms with Crippen LogP contribution in [0.2, 0.25) is 0 Å². The SMILES string of the molecule is CC#CCC(=O)c1cc(Br)ccc1F. The van der Waals surface area contributed by atoms with Crippen molar-refractivity contribution >= 4 is 21.7 Å². The molecule has 1 aromatic carbocycles. The minimum absolute atomic E-state index is 0.0594. The van der Waals surface area contributed by atoms with Gasteiger partial charge in [-0.1, -0.05) is 21.9 Å². The van der Waals surface area contributed by atoms with Crippen LogP contribution in [0.3, 0.4) is 0 Å². The first-order chi connectivity index (χ1) is 6.65. The monoisotopic (exact) mass is 254 g/mol. The van der Waals surface area contributed by atoms with Gasteiger partial charge in [-0.3, -0.25) is 4.79 Å². The van der Waals surface area contributed by atoms with Gasteiger partial charge in [0.2, 0.25) is 0 Å². The van der Waals surface area contributed by atoms with E-state index < -0.39 is 5.82 Å². The third-order valence-electron chi connectivity index (χ3n) is 1.65. The van der Waals surface area contributed by atoms with Gasteiger partial charge in [0.05, 0.1) is 12.0 Å². The maximum Gasteiger partial charge on any atom is 0.177 e. The molecule has 1 rings (SSSR count). The molecule has 0 spiro atoms. The third-order valence-corrected chi connectivity index (χ3v) is 2.15. The zero-order valence-electron chi connectivity index (χ0n) is 7.60. The van der Waals surface area contributed by atoms with Gasteiger partial charge in [-0.2, -0.15) is 0 Å². The van der Waals surface area contributed by atoms with E-state index >= 15 is 0 Å². The summed E-state index contributed by atoms with van der Waals surface area (Å²) >= 11 is 3.18. The Morgan fingerprint density at radius 3 is 2.93 bits per heavy atom. The first kappa shape index (κ1) is 10.9. The normalized spacial score (nSPS) is 9.07. The molecule has 0 saturated heterocycles. The molecule has 72 valence electrons. The van der Waals surface area contributed by atoms with Gasteiger partial charge in [0.25, 0.3) is 0 Å². The van der Waals surface area contributed by atoms with Crippen LogP contribution < -0.4 is 0 Å². The molecule has 0 atom stereocenters. The fourth-order valence-corrected chi connectivity index (χ4v) is 1.34. The van der Waals surface area contributed by atoms with Crippen molar-refractivity contribution in [1.29, 1.82) is 0 Å². The molecule has 0 saturated carbocycles. The summed E-state index contributed by atoms with van der Waals surface area (Å²) in [6.45, 7) is 1.64. The van der Waals surface area contributed by atoms with Crippen LogP contribution in [0.1, 0.15) is 23.7 Å². The van der Waals surface area contributed by atoms with Crippen molar-refractivity contribution in [3.63, 3.8) is 0 Å². The number of carbonyl (C=O) groups excluding carboxylic acids is 1. The number of hydrogen-bond acceptors (Lipinski definition) is 1. The molecule has 0 aliphatic carbocycles. The minimum atomic E-state index is -0.504. The largest absolute Gasteiger partial charge is 0.293 e. The molecule has 0 aromatic heterocycles. The van der Waals surface area contributed by atoms with E-state index in [0.29, 0.717) is 4.47 Å². The lowest BCUT2D eigenvalue weighted by molar-refractivity contribution is 0.0994. The van der Waals surface area contributed by atoms with Crippen LogP contribution in [0.25, 0.3) is 0 Å². The van der Waals surface area contributed by atoms with E-state index in [2.05, 4.69) is 27.8 Å². The molecular weight excluding hydrogens is 247 g/mol. The average molecular weight is 255 g/mol. The number of ketones is 1. The predicted octanol–water partition coefficient (Wildman–Crippen LogP) is 3.18. The molecule has 0 aliphatic rings. The molecule has 1 nitrogen and oxygen atoms in total. The summed E-state index contributed by atoms with van der Waals surface area (Å²) in [7, 11) is 0. The lowest BCUT2D eigenvalue weighted by atomic mass is 10.1. The smallest absolute Gasteiger partial charge is 0.177 e. The summed E-state index contributed by atoms with van der Waals surface area (Å²) in [5.41, 5.74) is 0.0853. The molecule has 0 aliphatic heterocycles. The highest BCUT2D eigenvalue weighted by molar-refractivity contribution is 9.10. The van der Waals surface area contributed by atoms with Gasteiger partial charge >= 0.3 is 0 Å². The molecule has 1 aromatic rings. The van der Waals surface area contributed by atoms with E-state index in [4.69, 9.17) is 0 Å². The Morgan fingerprint density at radius 1 is 1.57 bits per heavy atom. The van der Waals surface area contributed by atoms with E-state index in [-0.39, 0.29) is 17.8 Å². The Kier molecular flexibility index (Phi) is 3.84. The van der Waals surface area contributed by atoms with Gasteiger partial charge in [-0.15, -0.1) is 5.92 Å². The van der Waals surface area contributed by atoms with Gasteiger partial charge < -0.3 is 0 Å². The van der Waals surface area contributed by atoms with Gasteiger partial charge in [-0.25, -0.2) is 4.39 Å². The maximum absolute atomic E-state index is 13.2. The highest BCUT2D eigenvalue weighted by Gasteiger charge is 2.10. The maximum atomic E-state index is 13.2. The van der Waals surface area contributed by atoms with Crippen molar-refractivity contribution in [2.75, 3.05) is 0 Å². The Labute approximate surface area is 90.4 Å². The summed E-state index contributed by atoms with van der Waals surface area (Å²) in [6.07, 6.45) is 0.0594. The number of carbonyl (C=O) groups is 1. The van der Waals surface area contributed by atoms with E-state index in [0.717, 1.165) is 0 Å². The van der Waals surface area contributed by atoms with Crippen LogP contribution in [0.5, 0.6) is 0 Å². The van der Waals surface area contributed by atoms with Crippen LogP contribution in [-0.4, -0.2) is 5.78 Å². The summed E-state index contributed by atoms with van der Waals surface area (Å²) < 4.78 is 13.8. The molecule has 0 unspecified atom stereocenters. The highest BCUT2D eigenvalue weighted by atomic mass is 79.9. The van der Waals surface area contributed by atoms with E-state index in [1.54, 1.807) is 13.0 Å². The minimum Gasteiger partial charge on any atom is -0.293 e. The lowest BCUT2D eigenvalue weighted by Crippen LogP contribution is -2.00. The summed E-state index contributed by atoms with van der Waals surface area (Å²) in [5.74, 6) is 4.41. The molecule has 0 fully saturated rings. The molecule has 0 heterocycles. The van der Waals surface area contributed by atoms with Gasteiger partial charge in [0.15, 0.2) is 5.78 Å². The van der Waals surface area contributed by atoms with Crippen LogP contribution >= 0.6 is 15.9 Å². The molecule has 3 heteroatoms. The van der Waals surface area contributed by atoms with Crippen molar-refractivity contribution < 1.29 is 9.18 Å². The van der Waals surface area contributed by atoms with Gasteiger partial charge in [0.1, 0.15) is 5.82 Å².